The number of fused-ring (bicyclic) bond motifs is 4. The third-order valence-electron chi connectivity index (χ3n) is 11.4. The first-order chi connectivity index (χ1) is 20.6. The molecule has 1 saturated carbocycles. The second-order valence-electron chi connectivity index (χ2n) is 15.4. The summed E-state index contributed by atoms with van der Waals surface area (Å²) in [6, 6.07) is 33.2. The third-order valence-corrected chi connectivity index (χ3v) is 14.9. The number of rotatable bonds is 4. The highest BCUT2D eigenvalue weighted by Crippen LogP contribution is 2.48. The molecule has 0 aromatic heterocycles. The largest absolute Gasteiger partial charge is 0.113 e. The van der Waals surface area contributed by atoms with E-state index in [1.54, 1.807) is 21.5 Å². The van der Waals surface area contributed by atoms with Crippen molar-refractivity contribution in [1.82, 2.24) is 0 Å². The summed E-state index contributed by atoms with van der Waals surface area (Å²) in [6.45, 7) is 14.9. The van der Waals surface area contributed by atoms with Gasteiger partial charge in [0, 0.05) is 0 Å². The zero-order chi connectivity index (χ0) is 30.0. The lowest BCUT2D eigenvalue weighted by atomic mass is 9.62. The monoisotopic (exact) mass is 580 g/mol. The summed E-state index contributed by atoms with van der Waals surface area (Å²) in [7, 11) is -1.70. The first-order valence-corrected chi connectivity index (χ1v) is 19.8. The number of hydrogen-bond acceptors (Lipinski definition) is 0. The highest BCUT2D eigenvalue weighted by molar-refractivity contribution is 7.03. The molecular weight excluding hydrogens is 533 g/mol. The average Bonchev–Trinajstić information content (AvgIpc) is 3.24. The van der Waals surface area contributed by atoms with Gasteiger partial charge in [-0.2, -0.15) is 0 Å². The lowest BCUT2D eigenvalue weighted by Crippen LogP contribution is -2.49. The summed E-state index contributed by atoms with van der Waals surface area (Å²) in [5, 5.41) is 3.16. The molecule has 0 radical (unpaired) electrons. The van der Waals surface area contributed by atoms with Gasteiger partial charge in [-0.25, -0.2) is 0 Å². The van der Waals surface area contributed by atoms with Gasteiger partial charge in [-0.05, 0) is 115 Å². The lowest BCUT2D eigenvalue weighted by molar-refractivity contribution is 0.331. The first kappa shape index (κ1) is 28.6. The van der Waals surface area contributed by atoms with Crippen molar-refractivity contribution in [2.24, 2.45) is 0 Å². The van der Waals surface area contributed by atoms with Crippen molar-refractivity contribution >= 4 is 30.1 Å². The Morgan fingerprint density at radius 2 is 1.40 bits per heavy atom. The van der Waals surface area contributed by atoms with Crippen molar-refractivity contribution in [1.29, 1.82) is 0 Å². The molecule has 1 heteroatoms. The van der Waals surface area contributed by atoms with E-state index in [1.165, 1.54) is 83.9 Å². The molecular formula is C42H48Si. The summed E-state index contributed by atoms with van der Waals surface area (Å²) < 4.78 is 0. The standard InChI is InChI=1S/C42H48Si/c1-41(2)25-26-42(3,4)40-31(17-14-21-37(40)41)28-35(33-19-11-10-18-32(33)29-15-8-7-9-16-29)30-23-24-39-36(27-30)34-20-12-13-22-38(34)43(39,5)6/h10-14,17-24,27-29H,7-9,15-16,25-26H2,1-6H3/b35-28-. The zero-order valence-corrected chi connectivity index (χ0v) is 28.2. The molecule has 0 spiro atoms. The van der Waals surface area contributed by atoms with Gasteiger partial charge in [-0.3, -0.25) is 0 Å². The summed E-state index contributed by atoms with van der Waals surface area (Å²) in [5.41, 5.74) is 13.5. The smallest absolute Gasteiger partial charge is 0.0623 e. The summed E-state index contributed by atoms with van der Waals surface area (Å²) >= 11 is 0. The second-order valence-corrected chi connectivity index (χ2v) is 19.8. The maximum Gasteiger partial charge on any atom is 0.113 e. The van der Waals surface area contributed by atoms with Crippen LogP contribution >= 0.6 is 0 Å². The Kier molecular flexibility index (Phi) is 6.97. The predicted octanol–water partition coefficient (Wildman–Crippen LogP) is 10.5. The van der Waals surface area contributed by atoms with Crippen LogP contribution in [0, 0.1) is 0 Å². The molecule has 1 heterocycles. The molecule has 2 aliphatic carbocycles. The Balaban J connectivity index is 1.48. The van der Waals surface area contributed by atoms with Crippen molar-refractivity contribution < 1.29 is 0 Å². The Labute approximate surface area is 261 Å². The highest BCUT2D eigenvalue weighted by atomic mass is 28.3. The molecule has 4 aromatic rings. The topological polar surface area (TPSA) is 0 Å². The van der Waals surface area contributed by atoms with E-state index in [0.717, 1.165) is 0 Å². The SMILES string of the molecule is CC1(C)CCC(C)(C)c2c(/C=C(/c3ccc4c(c3)-c3ccccc3[Si]4(C)C)c3ccccc3C3CCCCC3)cccc21. The minimum Gasteiger partial charge on any atom is -0.0623 e. The lowest BCUT2D eigenvalue weighted by Gasteiger charge is -2.43. The Hall–Kier alpha value is -3.16. The van der Waals surface area contributed by atoms with E-state index in [1.807, 2.05) is 0 Å². The fraction of sp³-hybridized carbons (Fsp3) is 0.381. The van der Waals surface area contributed by atoms with E-state index >= 15 is 0 Å². The highest BCUT2D eigenvalue weighted by Gasteiger charge is 2.39. The van der Waals surface area contributed by atoms with Crippen LogP contribution in [0.4, 0.5) is 0 Å². The van der Waals surface area contributed by atoms with E-state index in [0.29, 0.717) is 5.92 Å². The predicted molar refractivity (Wildman–Crippen MR) is 190 cm³/mol. The van der Waals surface area contributed by atoms with Gasteiger partial charge >= 0.3 is 0 Å². The van der Waals surface area contributed by atoms with Crippen LogP contribution in [0.1, 0.15) is 112 Å². The molecule has 0 saturated heterocycles. The van der Waals surface area contributed by atoms with Crippen molar-refractivity contribution in [3.8, 4) is 11.1 Å². The van der Waals surface area contributed by atoms with E-state index in [-0.39, 0.29) is 10.8 Å². The molecule has 7 rings (SSSR count). The van der Waals surface area contributed by atoms with Crippen molar-refractivity contribution in [2.45, 2.75) is 102 Å². The van der Waals surface area contributed by atoms with Crippen LogP contribution in [0.3, 0.4) is 0 Å². The second kappa shape index (κ2) is 10.5. The van der Waals surface area contributed by atoms with Gasteiger partial charge in [0.05, 0.1) is 0 Å². The Morgan fingerprint density at radius 3 is 2.21 bits per heavy atom. The van der Waals surface area contributed by atoms with Crippen LogP contribution in [0.15, 0.2) is 84.9 Å². The molecule has 0 nitrogen and oxygen atoms in total. The Morgan fingerprint density at radius 1 is 0.698 bits per heavy atom. The minimum absolute atomic E-state index is 0.151. The normalized spacial score (nSPS) is 20.3. The molecule has 0 unspecified atom stereocenters. The maximum absolute atomic E-state index is 2.58. The molecule has 0 bridgehead atoms. The molecule has 3 aliphatic rings. The quantitative estimate of drug-likeness (QED) is 0.166. The minimum atomic E-state index is -1.70. The molecule has 4 aromatic carbocycles. The third kappa shape index (κ3) is 4.79. The van der Waals surface area contributed by atoms with Gasteiger partial charge < -0.3 is 0 Å². The summed E-state index contributed by atoms with van der Waals surface area (Å²) in [4.78, 5) is 0. The molecule has 1 aliphatic heterocycles. The molecule has 220 valence electrons. The van der Waals surface area contributed by atoms with Crippen molar-refractivity contribution in [2.75, 3.05) is 0 Å². The molecule has 0 N–H and O–H groups in total. The number of hydrogen-bond donors (Lipinski definition) is 0. The van der Waals surface area contributed by atoms with Crippen LogP contribution in [0.25, 0.3) is 22.8 Å². The fourth-order valence-electron chi connectivity index (χ4n) is 8.77. The number of benzene rings is 4. The average molecular weight is 581 g/mol. The summed E-state index contributed by atoms with van der Waals surface area (Å²) in [5.74, 6) is 0.648. The van der Waals surface area contributed by atoms with Crippen LogP contribution < -0.4 is 10.4 Å². The van der Waals surface area contributed by atoms with Gasteiger partial charge in [0.1, 0.15) is 8.07 Å². The van der Waals surface area contributed by atoms with E-state index < -0.39 is 8.07 Å². The van der Waals surface area contributed by atoms with Crippen LogP contribution in [-0.2, 0) is 10.8 Å². The van der Waals surface area contributed by atoms with E-state index in [2.05, 4.69) is 132 Å². The van der Waals surface area contributed by atoms with Crippen molar-refractivity contribution in [3.05, 3.63) is 118 Å². The first-order valence-electron chi connectivity index (χ1n) is 16.8. The van der Waals surface area contributed by atoms with E-state index in [4.69, 9.17) is 0 Å². The molecule has 43 heavy (non-hydrogen) atoms. The van der Waals surface area contributed by atoms with Gasteiger partial charge in [-0.15, -0.1) is 0 Å². The van der Waals surface area contributed by atoms with Gasteiger partial charge in [0.2, 0.25) is 0 Å². The van der Waals surface area contributed by atoms with Gasteiger partial charge in [-0.1, -0.05) is 139 Å². The molecule has 0 amide bonds. The van der Waals surface area contributed by atoms with Gasteiger partial charge in [0.25, 0.3) is 0 Å². The van der Waals surface area contributed by atoms with E-state index in [9.17, 15) is 0 Å². The van der Waals surface area contributed by atoms with Crippen LogP contribution in [0.2, 0.25) is 13.1 Å². The van der Waals surface area contributed by atoms with Crippen molar-refractivity contribution in [3.63, 3.8) is 0 Å². The van der Waals surface area contributed by atoms with Crippen LogP contribution in [-0.4, -0.2) is 8.07 Å². The maximum atomic E-state index is 2.58. The zero-order valence-electron chi connectivity index (χ0n) is 27.2. The summed E-state index contributed by atoms with van der Waals surface area (Å²) in [6.07, 6.45) is 11.7. The van der Waals surface area contributed by atoms with Gasteiger partial charge in [0.15, 0.2) is 0 Å². The molecule has 1 fully saturated rings. The molecule has 0 atom stereocenters. The Bertz CT molecular complexity index is 1720. The fourth-order valence-corrected chi connectivity index (χ4v) is 11.8. The van der Waals surface area contributed by atoms with Crippen LogP contribution in [0.5, 0.6) is 0 Å².